The summed E-state index contributed by atoms with van der Waals surface area (Å²) in [6.07, 6.45) is 5.28. The van der Waals surface area contributed by atoms with E-state index in [4.69, 9.17) is 4.74 Å². The van der Waals surface area contributed by atoms with Crippen molar-refractivity contribution < 1.29 is 24.5 Å². The monoisotopic (exact) mass is 488 g/mol. The molecule has 2 heterocycles. The summed E-state index contributed by atoms with van der Waals surface area (Å²) in [4.78, 5) is 27.2. The number of thiophene rings is 1. The molecule has 0 aromatic carbocycles. The van der Waals surface area contributed by atoms with Gasteiger partial charge in [0.2, 0.25) is 0 Å². The largest absolute Gasteiger partial charge is 0.457 e. The minimum absolute atomic E-state index is 0.281. The average Bonchev–Trinajstić information content (AvgIpc) is 3.18. The number of rotatable bonds is 2. The van der Waals surface area contributed by atoms with Gasteiger partial charge in [0.15, 0.2) is 0 Å². The smallest absolute Gasteiger partial charge is 0.309 e. The van der Waals surface area contributed by atoms with Crippen molar-refractivity contribution in [1.82, 2.24) is 0 Å². The molecule has 0 fully saturated rings. The number of ether oxygens (including phenoxy) is 1. The van der Waals surface area contributed by atoms with Crippen LogP contribution in [0, 0.1) is 18.3 Å². The zero-order valence-electron chi connectivity index (χ0n) is 21.6. The molecule has 6 heteroatoms. The molecule has 1 aromatic rings. The molecule has 0 aliphatic carbocycles. The van der Waals surface area contributed by atoms with Crippen LogP contribution in [0.3, 0.4) is 0 Å². The Labute approximate surface area is 208 Å². The van der Waals surface area contributed by atoms with Crippen LogP contribution in [0.1, 0.15) is 77.7 Å². The molecule has 0 saturated carbocycles. The summed E-state index contributed by atoms with van der Waals surface area (Å²) in [7, 11) is 0. The van der Waals surface area contributed by atoms with Crippen molar-refractivity contribution in [1.29, 1.82) is 0 Å². The highest BCUT2D eigenvalue weighted by Crippen LogP contribution is 2.31. The van der Waals surface area contributed by atoms with Crippen LogP contribution in [0.4, 0.5) is 0 Å². The Hall–Kier alpha value is -2.02. The van der Waals surface area contributed by atoms with Gasteiger partial charge in [0.25, 0.3) is 0 Å². The Morgan fingerprint density at radius 1 is 1.18 bits per heavy atom. The average molecular weight is 489 g/mol. The maximum atomic E-state index is 13.1. The van der Waals surface area contributed by atoms with Crippen molar-refractivity contribution in [2.24, 2.45) is 11.3 Å². The number of cyclic esters (lactones) is 1. The Kier molecular flexibility index (Phi) is 10.0. The second-order valence-corrected chi connectivity index (χ2v) is 11.3. The first-order valence-electron chi connectivity index (χ1n) is 12.0. The van der Waals surface area contributed by atoms with E-state index in [-0.39, 0.29) is 12.2 Å². The van der Waals surface area contributed by atoms with Crippen LogP contribution >= 0.6 is 11.3 Å². The molecule has 1 aliphatic rings. The van der Waals surface area contributed by atoms with Crippen LogP contribution in [0.5, 0.6) is 0 Å². The van der Waals surface area contributed by atoms with Crippen molar-refractivity contribution in [2.75, 3.05) is 0 Å². The van der Waals surface area contributed by atoms with Gasteiger partial charge < -0.3 is 14.9 Å². The first-order chi connectivity index (χ1) is 15.8. The van der Waals surface area contributed by atoms with Gasteiger partial charge in [-0.25, -0.2) is 0 Å². The fourth-order valence-corrected chi connectivity index (χ4v) is 4.85. The van der Waals surface area contributed by atoms with Gasteiger partial charge in [-0.05, 0) is 68.7 Å². The lowest BCUT2D eigenvalue weighted by Crippen LogP contribution is -2.44. The highest BCUT2D eigenvalue weighted by Gasteiger charge is 2.41. The summed E-state index contributed by atoms with van der Waals surface area (Å²) in [5.74, 6) is -1.53. The SMILES string of the molecule is C/C1=C/C[C@@H](/C(C)=C/c2csc(C)c2)OC(=O)C[C@H](O)C(C)(C)C(=O)[C@H](C)[C@@H](O)/C(C)=C/CC1. The predicted molar refractivity (Wildman–Crippen MR) is 139 cm³/mol. The maximum absolute atomic E-state index is 13.1. The van der Waals surface area contributed by atoms with Crippen LogP contribution < -0.4 is 0 Å². The van der Waals surface area contributed by atoms with E-state index in [1.54, 1.807) is 32.1 Å². The molecule has 0 amide bonds. The van der Waals surface area contributed by atoms with Gasteiger partial charge in [-0.2, -0.15) is 0 Å². The molecule has 34 heavy (non-hydrogen) atoms. The molecule has 1 aliphatic heterocycles. The third-order valence-corrected chi connectivity index (χ3v) is 7.67. The number of allylic oxidation sites excluding steroid dienone is 2. The number of aliphatic hydroxyl groups excluding tert-OH is 2. The van der Waals surface area contributed by atoms with Crippen molar-refractivity contribution in [2.45, 2.75) is 92.5 Å². The molecule has 1 aromatic heterocycles. The number of ketones is 1. The van der Waals surface area contributed by atoms with Crippen LogP contribution in [0.15, 0.2) is 40.3 Å². The number of carbonyl (C=O) groups excluding carboxylic acids is 2. The molecule has 2 rings (SSSR count). The Morgan fingerprint density at radius 3 is 2.47 bits per heavy atom. The van der Waals surface area contributed by atoms with E-state index in [9.17, 15) is 19.8 Å². The van der Waals surface area contributed by atoms with Gasteiger partial charge in [0, 0.05) is 17.2 Å². The number of hydrogen-bond acceptors (Lipinski definition) is 6. The van der Waals surface area contributed by atoms with Crippen molar-refractivity contribution in [3.05, 3.63) is 50.8 Å². The molecule has 0 bridgehead atoms. The summed E-state index contributed by atoms with van der Waals surface area (Å²) < 4.78 is 5.82. The summed E-state index contributed by atoms with van der Waals surface area (Å²) in [6.45, 7) is 12.8. The number of Topliss-reactive ketones (excluding diaryl/α,β-unsaturated/α-hetero) is 1. The van der Waals surface area contributed by atoms with Crippen LogP contribution in [0.2, 0.25) is 0 Å². The maximum Gasteiger partial charge on any atom is 0.309 e. The van der Waals surface area contributed by atoms with Gasteiger partial charge in [0.1, 0.15) is 11.9 Å². The minimum atomic E-state index is -1.22. The van der Waals surface area contributed by atoms with Crippen LogP contribution in [0.25, 0.3) is 6.08 Å². The molecule has 188 valence electrons. The molecule has 0 saturated heterocycles. The molecule has 0 unspecified atom stereocenters. The molecular weight excluding hydrogens is 448 g/mol. The second kappa shape index (κ2) is 12.1. The zero-order chi connectivity index (χ0) is 25.6. The van der Waals surface area contributed by atoms with Gasteiger partial charge in [0.05, 0.1) is 24.0 Å². The lowest BCUT2D eigenvalue weighted by Gasteiger charge is -2.33. The van der Waals surface area contributed by atoms with Crippen molar-refractivity contribution in [3.8, 4) is 0 Å². The number of aryl methyl sites for hydroxylation is 1. The van der Waals surface area contributed by atoms with Crippen LogP contribution in [-0.4, -0.2) is 40.3 Å². The molecule has 0 spiro atoms. The quantitative estimate of drug-likeness (QED) is 0.406. The van der Waals surface area contributed by atoms with Gasteiger partial charge in [-0.15, -0.1) is 11.3 Å². The predicted octanol–water partition coefficient (Wildman–Crippen LogP) is 5.79. The second-order valence-electron chi connectivity index (χ2n) is 10.2. The lowest BCUT2D eigenvalue weighted by molar-refractivity contribution is -0.153. The summed E-state index contributed by atoms with van der Waals surface area (Å²) in [5, 5.41) is 23.6. The Bertz CT molecular complexity index is 965. The fraction of sp³-hybridized carbons (Fsp3) is 0.571. The standard InChI is InChI=1S/C28H40O5S/c1-17-9-8-10-18(2)26(31)21(5)27(32)28(6,7)24(29)15-25(30)33-23(12-11-17)19(3)13-22-14-20(4)34-16-22/h10-11,13-14,16,21,23-24,26,29,31H,8-9,12,15H2,1-7H3/b17-11-,18-10+,19-13+/t21-,23+,24+,26+/m1/s1. The van der Waals surface area contributed by atoms with Gasteiger partial charge in [-0.3, -0.25) is 9.59 Å². The fourth-order valence-electron chi connectivity index (χ4n) is 4.19. The zero-order valence-corrected chi connectivity index (χ0v) is 22.4. The summed E-state index contributed by atoms with van der Waals surface area (Å²) >= 11 is 1.67. The highest BCUT2D eigenvalue weighted by molar-refractivity contribution is 7.10. The molecule has 5 nitrogen and oxygen atoms in total. The molecule has 2 N–H and O–H groups in total. The molecule has 0 radical (unpaired) electrons. The van der Waals surface area contributed by atoms with Gasteiger partial charge in [-0.1, -0.05) is 44.6 Å². The highest BCUT2D eigenvalue weighted by atomic mass is 32.1. The number of carbonyl (C=O) groups is 2. The minimum Gasteiger partial charge on any atom is -0.457 e. The van der Waals surface area contributed by atoms with Gasteiger partial charge >= 0.3 is 5.97 Å². The lowest BCUT2D eigenvalue weighted by atomic mass is 9.74. The first-order valence-corrected chi connectivity index (χ1v) is 12.9. The van der Waals surface area contributed by atoms with E-state index >= 15 is 0 Å². The summed E-state index contributed by atoms with van der Waals surface area (Å²) in [5.41, 5.74) is 2.70. The van der Waals surface area contributed by atoms with E-state index in [0.29, 0.717) is 6.42 Å². The Balaban J connectivity index is 2.37. The topological polar surface area (TPSA) is 83.8 Å². The van der Waals surface area contributed by atoms with E-state index < -0.39 is 35.6 Å². The van der Waals surface area contributed by atoms with E-state index in [2.05, 4.69) is 24.4 Å². The third-order valence-electron chi connectivity index (χ3n) is 6.79. The van der Waals surface area contributed by atoms with Crippen LogP contribution in [-0.2, 0) is 14.3 Å². The normalized spacial score (nSPS) is 31.3. The first kappa shape index (κ1) is 28.2. The molecule has 4 atom stereocenters. The van der Waals surface area contributed by atoms with Crippen molar-refractivity contribution in [3.63, 3.8) is 0 Å². The van der Waals surface area contributed by atoms with Crippen molar-refractivity contribution >= 4 is 29.2 Å². The summed E-state index contributed by atoms with van der Waals surface area (Å²) in [6, 6.07) is 2.09. The molecular formula is C28H40O5S. The third kappa shape index (κ3) is 7.49. The Morgan fingerprint density at radius 2 is 1.85 bits per heavy atom. The van der Waals surface area contributed by atoms with E-state index in [1.165, 1.54) is 4.88 Å². The van der Waals surface area contributed by atoms with E-state index in [0.717, 1.165) is 35.1 Å². The number of hydrogen-bond donors (Lipinski definition) is 2. The number of aliphatic hydroxyl groups is 2. The van der Waals surface area contributed by atoms with E-state index in [1.807, 2.05) is 32.9 Å². The number of esters is 1.